The van der Waals surface area contributed by atoms with Gasteiger partial charge in [-0.05, 0) is 23.4 Å². The molecule has 0 saturated carbocycles. The summed E-state index contributed by atoms with van der Waals surface area (Å²) in [5.41, 5.74) is 1.95. The van der Waals surface area contributed by atoms with Crippen molar-refractivity contribution in [3.05, 3.63) is 47.5 Å². The van der Waals surface area contributed by atoms with Gasteiger partial charge in [-0.3, -0.25) is 4.99 Å². The number of aliphatic imine (C=N–C) groups is 1. The third kappa shape index (κ3) is 4.13. The summed E-state index contributed by atoms with van der Waals surface area (Å²) >= 11 is 0. The third-order valence-corrected chi connectivity index (χ3v) is 6.34. The fourth-order valence-corrected chi connectivity index (χ4v) is 4.35. The minimum atomic E-state index is -0.246. The lowest BCUT2D eigenvalue weighted by molar-refractivity contribution is 0.357. The van der Waals surface area contributed by atoms with Crippen LogP contribution in [0.1, 0.15) is 31.4 Å². The molecule has 0 bridgehead atoms. The molecule has 0 aliphatic carbocycles. The molecule has 2 unspecified atom stereocenters. The molecule has 5 heteroatoms. The standard InChI is InChI=1S/C20H26NO3P/c1-6-20(2,25-18-10-8-7-9-14(18)13-21-3)16-11-15(23-4)12-17(24-5)19(16)22/h7-13,22,25H,6H2,1-5H3/b21-13+. The fourth-order valence-electron chi connectivity index (χ4n) is 2.78. The van der Waals surface area contributed by atoms with Crippen LogP contribution in [-0.2, 0) is 5.16 Å². The summed E-state index contributed by atoms with van der Waals surface area (Å²) in [7, 11) is 5.41. The van der Waals surface area contributed by atoms with Gasteiger partial charge in [-0.2, -0.15) is 0 Å². The second kappa shape index (κ2) is 8.35. The Labute approximate surface area is 151 Å². The Balaban J connectivity index is 2.54. The van der Waals surface area contributed by atoms with Gasteiger partial charge in [0.25, 0.3) is 0 Å². The molecule has 0 saturated heterocycles. The SMILES string of the molecule is CCC(C)(Pc1ccccc1/C=N/C)c1cc(OC)cc(OC)c1O. The Morgan fingerprint density at radius 1 is 1.20 bits per heavy atom. The molecule has 0 spiro atoms. The van der Waals surface area contributed by atoms with E-state index in [0.29, 0.717) is 20.1 Å². The van der Waals surface area contributed by atoms with Gasteiger partial charge < -0.3 is 14.6 Å². The van der Waals surface area contributed by atoms with E-state index in [4.69, 9.17) is 9.47 Å². The first-order chi connectivity index (χ1) is 12.0. The highest BCUT2D eigenvalue weighted by atomic mass is 31.1. The average molecular weight is 359 g/mol. The molecule has 2 atom stereocenters. The van der Waals surface area contributed by atoms with E-state index in [1.807, 2.05) is 24.4 Å². The molecule has 4 nitrogen and oxygen atoms in total. The quantitative estimate of drug-likeness (QED) is 0.598. The Bertz CT molecular complexity index is 761. The van der Waals surface area contributed by atoms with Gasteiger partial charge in [-0.25, -0.2) is 0 Å². The van der Waals surface area contributed by atoms with Crippen molar-refractivity contribution in [3.8, 4) is 17.2 Å². The van der Waals surface area contributed by atoms with E-state index in [2.05, 4.69) is 31.0 Å². The van der Waals surface area contributed by atoms with Gasteiger partial charge in [0.15, 0.2) is 11.5 Å². The summed E-state index contributed by atoms with van der Waals surface area (Å²) in [6.07, 6.45) is 2.75. The van der Waals surface area contributed by atoms with Crippen LogP contribution in [-0.4, -0.2) is 32.6 Å². The van der Waals surface area contributed by atoms with Crippen molar-refractivity contribution in [1.29, 1.82) is 0 Å². The number of ether oxygens (including phenoxy) is 2. The van der Waals surface area contributed by atoms with Crippen LogP contribution in [0, 0.1) is 0 Å². The predicted molar refractivity (Wildman–Crippen MR) is 107 cm³/mol. The monoisotopic (exact) mass is 359 g/mol. The molecule has 2 aromatic rings. The second-order valence-corrected chi connectivity index (χ2v) is 7.90. The van der Waals surface area contributed by atoms with Gasteiger partial charge in [-0.1, -0.05) is 46.7 Å². The number of nitrogens with zero attached hydrogens (tertiary/aromatic N) is 1. The minimum Gasteiger partial charge on any atom is -0.504 e. The largest absolute Gasteiger partial charge is 0.504 e. The maximum atomic E-state index is 10.7. The van der Waals surface area contributed by atoms with Crippen molar-refractivity contribution in [2.45, 2.75) is 25.4 Å². The highest BCUT2D eigenvalue weighted by molar-refractivity contribution is 7.48. The third-order valence-electron chi connectivity index (χ3n) is 4.45. The maximum Gasteiger partial charge on any atom is 0.164 e. The van der Waals surface area contributed by atoms with Crippen molar-refractivity contribution in [3.63, 3.8) is 0 Å². The van der Waals surface area contributed by atoms with Crippen molar-refractivity contribution in [2.24, 2.45) is 4.99 Å². The first kappa shape index (κ1) is 19.3. The van der Waals surface area contributed by atoms with Crippen LogP contribution in [0.5, 0.6) is 17.2 Å². The van der Waals surface area contributed by atoms with Crippen LogP contribution in [0.2, 0.25) is 0 Å². The molecule has 2 aromatic carbocycles. The Hall–Kier alpha value is -2.06. The van der Waals surface area contributed by atoms with Gasteiger partial charge in [0.05, 0.1) is 14.2 Å². The molecular formula is C20H26NO3P. The lowest BCUT2D eigenvalue weighted by Gasteiger charge is -2.31. The highest BCUT2D eigenvalue weighted by Gasteiger charge is 2.31. The van der Waals surface area contributed by atoms with Gasteiger partial charge in [0, 0.05) is 30.0 Å². The topological polar surface area (TPSA) is 51.0 Å². The Kier molecular flexibility index (Phi) is 6.44. The number of rotatable bonds is 7. The first-order valence-electron chi connectivity index (χ1n) is 8.24. The molecule has 0 amide bonds. The number of hydrogen-bond donors (Lipinski definition) is 1. The van der Waals surface area contributed by atoms with E-state index in [-0.39, 0.29) is 10.9 Å². The number of benzene rings is 2. The zero-order chi connectivity index (χ0) is 18.4. The first-order valence-corrected chi connectivity index (χ1v) is 9.24. The number of methoxy groups -OCH3 is 2. The van der Waals surface area contributed by atoms with Crippen LogP contribution in [0.15, 0.2) is 41.4 Å². The van der Waals surface area contributed by atoms with Crippen LogP contribution >= 0.6 is 8.58 Å². The molecule has 0 fully saturated rings. The van der Waals surface area contributed by atoms with Crippen molar-refractivity contribution in [1.82, 2.24) is 0 Å². The second-order valence-electron chi connectivity index (χ2n) is 6.01. The Morgan fingerprint density at radius 2 is 1.92 bits per heavy atom. The highest BCUT2D eigenvalue weighted by Crippen LogP contribution is 2.50. The van der Waals surface area contributed by atoms with E-state index >= 15 is 0 Å². The predicted octanol–water partition coefficient (Wildman–Crippen LogP) is 4.09. The number of phenolic OH excluding ortho intramolecular Hbond substituents is 1. The van der Waals surface area contributed by atoms with Crippen molar-refractivity contribution >= 4 is 20.1 Å². The van der Waals surface area contributed by atoms with Gasteiger partial charge >= 0.3 is 0 Å². The van der Waals surface area contributed by atoms with Gasteiger partial charge in [0.2, 0.25) is 0 Å². The zero-order valence-electron chi connectivity index (χ0n) is 15.5. The fraction of sp³-hybridized carbons (Fsp3) is 0.350. The van der Waals surface area contributed by atoms with Crippen LogP contribution in [0.25, 0.3) is 0 Å². The Morgan fingerprint density at radius 3 is 2.52 bits per heavy atom. The maximum absolute atomic E-state index is 10.7. The molecule has 0 aromatic heterocycles. The molecule has 0 radical (unpaired) electrons. The molecule has 25 heavy (non-hydrogen) atoms. The molecule has 2 rings (SSSR count). The van der Waals surface area contributed by atoms with E-state index < -0.39 is 0 Å². The summed E-state index contributed by atoms with van der Waals surface area (Å²) in [6, 6.07) is 11.9. The van der Waals surface area contributed by atoms with Crippen molar-refractivity contribution < 1.29 is 14.6 Å². The van der Waals surface area contributed by atoms with E-state index in [9.17, 15) is 5.11 Å². The number of hydrogen-bond acceptors (Lipinski definition) is 4. The summed E-state index contributed by atoms with van der Waals surface area (Å²) < 4.78 is 10.7. The molecule has 134 valence electrons. The summed E-state index contributed by atoms with van der Waals surface area (Å²) in [5, 5.41) is 11.7. The summed E-state index contributed by atoms with van der Waals surface area (Å²) in [6.45, 7) is 4.30. The smallest absolute Gasteiger partial charge is 0.164 e. The molecule has 1 N–H and O–H groups in total. The van der Waals surface area contributed by atoms with E-state index in [0.717, 1.165) is 17.5 Å². The van der Waals surface area contributed by atoms with Crippen LogP contribution in [0.3, 0.4) is 0 Å². The lowest BCUT2D eigenvalue weighted by atomic mass is 9.95. The molecule has 0 aliphatic heterocycles. The van der Waals surface area contributed by atoms with Gasteiger partial charge in [-0.15, -0.1) is 0 Å². The normalized spacial score (nSPS) is 14.1. The van der Waals surface area contributed by atoms with Crippen LogP contribution < -0.4 is 14.8 Å². The summed E-state index contributed by atoms with van der Waals surface area (Å²) in [5.74, 6) is 1.29. The zero-order valence-corrected chi connectivity index (χ0v) is 16.5. The lowest BCUT2D eigenvalue weighted by Crippen LogP contribution is -2.20. The number of phenols is 1. The molecule has 0 heterocycles. The molecule has 0 aliphatic rings. The van der Waals surface area contributed by atoms with Crippen molar-refractivity contribution in [2.75, 3.05) is 21.3 Å². The molecular weight excluding hydrogens is 333 g/mol. The average Bonchev–Trinajstić information content (AvgIpc) is 2.63. The van der Waals surface area contributed by atoms with E-state index in [1.54, 1.807) is 27.3 Å². The number of aromatic hydroxyl groups is 1. The summed E-state index contributed by atoms with van der Waals surface area (Å²) in [4.78, 5) is 4.16. The minimum absolute atomic E-state index is 0.182. The van der Waals surface area contributed by atoms with Gasteiger partial charge in [0.1, 0.15) is 5.75 Å². The van der Waals surface area contributed by atoms with Crippen LogP contribution in [0.4, 0.5) is 0 Å². The van der Waals surface area contributed by atoms with E-state index in [1.165, 1.54) is 5.30 Å².